The lowest BCUT2D eigenvalue weighted by atomic mass is 10.00. The normalized spacial score (nSPS) is 10.8. The summed E-state index contributed by atoms with van der Waals surface area (Å²) in [6, 6.07) is 20.3. The Bertz CT molecular complexity index is 939. The Kier molecular flexibility index (Phi) is 9.89. The summed E-state index contributed by atoms with van der Waals surface area (Å²) in [6.07, 6.45) is 10.4. The highest BCUT2D eigenvalue weighted by molar-refractivity contribution is 9.11. The summed E-state index contributed by atoms with van der Waals surface area (Å²) in [4.78, 5) is 21.5. The Morgan fingerprint density at radius 3 is 1.22 bits per heavy atom. The van der Waals surface area contributed by atoms with Crippen LogP contribution in [-0.2, 0) is 25.7 Å². The van der Waals surface area contributed by atoms with Gasteiger partial charge in [0.25, 0.3) is 0 Å². The van der Waals surface area contributed by atoms with Gasteiger partial charge in [-0.25, -0.2) is 0 Å². The van der Waals surface area contributed by atoms with E-state index in [-0.39, 0.29) is 0 Å². The zero-order chi connectivity index (χ0) is 22.8. The number of carbonyl (C=O) groups excluding carboxylic acids is 2. The van der Waals surface area contributed by atoms with Crippen LogP contribution in [0.4, 0.5) is 0 Å². The van der Waals surface area contributed by atoms with Gasteiger partial charge in [0.15, 0.2) is 0 Å². The third kappa shape index (κ3) is 7.53. The molecule has 0 aliphatic carbocycles. The number of benzene rings is 3. The molecule has 4 heteroatoms. The van der Waals surface area contributed by atoms with Crippen LogP contribution in [-0.4, -0.2) is 12.6 Å². The Morgan fingerprint density at radius 2 is 0.875 bits per heavy atom. The van der Waals surface area contributed by atoms with Crippen molar-refractivity contribution in [2.24, 2.45) is 0 Å². The molecule has 0 saturated carbocycles. The summed E-state index contributed by atoms with van der Waals surface area (Å²) in [5, 5.41) is 0. The van der Waals surface area contributed by atoms with Crippen LogP contribution in [0.25, 0.3) is 0 Å². The molecule has 0 bridgehead atoms. The topological polar surface area (TPSA) is 34.1 Å². The van der Waals surface area contributed by atoms with Gasteiger partial charge in [0, 0.05) is 20.1 Å². The lowest BCUT2D eigenvalue weighted by Crippen LogP contribution is -1.95. The van der Waals surface area contributed by atoms with E-state index in [9.17, 15) is 9.59 Å². The van der Waals surface area contributed by atoms with Gasteiger partial charge in [-0.3, -0.25) is 9.59 Å². The summed E-state index contributed by atoms with van der Waals surface area (Å²) in [5.74, 6) is 0. The van der Waals surface area contributed by atoms with Crippen molar-refractivity contribution in [2.45, 2.75) is 51.4 Å². The number of unbranched alkanes of at least 4 members (excludes halogenated alkanes) is 2. The highest BCUT2D eigenvalue weighted by Gasteiger charge is 2.08. The highest BCUT2D eigenvalue weighted by atomic mass is 79.9. The van der Waals surface area contributed by atoms with Gasteiger partial charge in [-0.05, 0) is 85.8 Å². The van der Waals surface area contributed by atoms with E-state index >= 15 is 0 Å². The van der Waals surface area contributed by atoms with E-state index in [1.54, 1.807) is 0 Å². The number of carbonyl (C=O) groups is 2. The molecule has 0 atom stereocenters. The van der Waals surface area contributed by atoms with Gasteiger partial charge in [0.05, 0.1) is 0 Å². The molecule has 32 heavy (non-hydrogen) atoms. The molecule has 0 amide bonds. The number of hydrogen-bond acceptors (Lipinski definition) is 2. The lowest BCUT2D eigenvalue weighted by Gasteiger charge is -2.11. The van der Waals surface area contributed by atoms with Crippen LogP contribution in [0.15, 0.2) is 69.6 Å². The van der Waals surface area contributed by atoms with Crippen molar-refractivity contribution in [1.82, 2.24) is 0 Å². The van der Waals surface area contributed by atoms with Crippen molar-refractivity contribution in [2.75, 3.05) is 0 Å². The Morgan fingerprint density at radius 1 is 0.531 bits per heavy atom. The van der Waals surface area contributed by atoms with Gasteiger partial charge in [-0.2, -0.15) is 0 Å². The molecule has 2 nitrogen and oxygen atoms in total. The minimum absolute atomic E-state index is 0.732. The molecule has 0 unspecified atom stereocenters. The van der Waals surface area contributed by atoms with Crippen LogP contribution in [0.5, 0.6) is 0 Å². The third-order valence-corrected chi connectivity index (χ3v) is 7.25. The number of aryl methyl sites for hydroxylation is 4. The summed E-state index contributed by atoms with van der Waals surface area (Å²) < 4.78 is 2.38. The molecule has 3 aromatic rings. The van der Waals surface area contributed by atoms with Crippen LogP contribution in [0.1, 0.15) is 68.7 Å². The number of rotatable bonds is 12. The van der Waals surface area contributed by atoms with Gasteiger partial charge in [-0.1, -0.05) is 80.4 Å². The van der Waals surface area contributed by atoms with Crippen LogP contribution < -0.4 is 0 Å². The fourth-order valence-electron chi connectivity index (χ4n) is 3.83. The summed E-state index contributed by atoms with van der Waals surface area (Å²) in [5.41, 5.74) is 6.71. The molecule has 0 N–H and O–H groups in total. The molecule has 0 aromatic heterocycles. The summed E-state index contributed by atoms with van der Waals surface area (Å²) in [7, 11) is 0. The first-order valence-electron chi connectivity index (χ1n) is 11.1. The van der Waals surface area contributed by atoms with E-state index in [2.05, 4.69) is 44.0 Å². The molecular weight excluding hydrogens is 528 g/mol. The molecule has 3 aromatic carbocycles. The summed E-state index contributed by atoms with van der Waals surface area (Å²) in [6.45, 7) is 0. The second-order valence-electron chi connectivity index (χ2n) is 8.17. The molecule has 0 aliphatic heterocycles. The van der Waals surface area contributed by atoms with E-state index < -0.39 is 0 Å². The first-order chi connectivity index (χ1) is 15.6. The molecule has 0 heterocycles. The van der Waals surface area contributed by atoms with E-state index in [4.69, 9.17) is 0 Å². The molecular formula is C28H28Br2O2. The zero-order valence-electron chi connectivity index (χ0n) is 18.2. The minimum atomic E-state index is 0.732. The molecule has 166 valence electrons. The molecule has 0 aliphatic rings. The Labute approximate surface area is 207 Å². The van der Waals surface area contributed by atoms with Gasteiger partial charge in [0.2, 0.25) is 0 Å². The number of aldehydes is 2. The highest BCUT2D eigenvalue weighted by Crippen LogP contribution is 2.29. The fraction of sp³-hybridized carbons (Fsp3) is 0.286. The van der Waals surface area contributed by atoms with Crippen molar-refractivity contribution < 1.29 is 9.59 Å². The van der Waals surface area contributed by atoms with Crippen LogP contribution in [0.3, 0.4) is 0 Å². The second kappa shape index (κ2) is 12.9. The van der Waals surface area contributed by atoms with Crippen LogP contribution in [0, 0.1) is 0 Å². The first kappa shape index (κ1) is 24.6. The molecule has 0 saturated heterocycles. The standard InChI is InChI=1S/C28H28Br2O2/c29-27-18-26(8-4-2-6-22-11-15-24(20-32)16-12-22)28(30)17-25(27)7-3-1-5-21-9-13-23(19-31)14-10-21/h9-20H,1-8H2. The predicted molar refractivity (Wildman–Crippen MR) is 139 cm³/mol. The van der Waals surface area contributed by atoms with Crippen LogP contribution in [0.2, 0.25) is 0 Å². The maximum Gasteiger partial charge on any atom is 0.150 e. The lowest BCUT2D eigenvalue weighted by molar-refractivity contribution is 0.111. The minimum Gasteiger partial charge on any atom is -0.298 e. The second-order valence-corrected chi connectivity index (χ2v) is 9.88. The van der Waals surface area contributed by atoms with Crippen molar-refractivity contribution in [3.8, 4) is 0 Å². The maximum absolute atomic E-state index is 10.8. The smallest absolute Gasteiger partial charge is 0.150 e. The molecule has 3 rings (SSSR count). The Hall–Kier alpha value is -2.04. The van der Waals surface area contributed by atoms with Crippen molar-refractivity contribution in [3.63, 3.8) is 0 Å². The fourth-order valence-corrected chi connectivity index (χ4v) is 5.01. The molecule has 0 radical (unpaired) electrons. The largest absolute Gasteiger partial charge is 0.298 e. The summed E-state index contributed by atoms with van der Waals surface area (Å²) >= 11 is 7.54. The van der Waals surface area contributed by atoms with Crippen molar-refractivity contribution in [3.05, 3.63) is 103 Å². The van der Waals surface area contributed by atoms with Gasteiger partial charge >= 0.3 is 0 Å². The van der Waals surface area contributed by atoms with Gasteiger partial charge in [-0.15, -0.1) is 0 Å². The maximum atomic E-state index is 10.8. The SMILES string of the molecule is O=Cc1ccc(CCCCc2cc(Br)c(CCCCc3ccc(C=O)cc3)cc2Br)cc1. The zero-order valence-corrected chi connectivity index (χ0v) is 21.3. The quantitative estimate of drug-likeness (QED) is 0.168. The van der Waals surface area contributed by atoms with E-state index in [0.717, 1.165) is 75.1 Å². The molecule has 0 spiro atoms. The molecule has 0 fully saturated rings. The van der Waals surface area contributed by atoms with Gasteiger partial charge in [0.1, 0.15) is 12.6 Å². The van der Waals surface area contributed by atoms with Crippen LogP contribution >= 0.6 is 31.9 Å². The van der Waals surface area contributed by atoms with E-state index in [1.807, 2.05) is 48.5 Å². The van der Waals surface area contributed by atoms with Crippen molar-refractivity contribution in [1.29, 1.82) is 0 Å². The average Bonchev–Trinajstić information content (AvgIpc) is 2.82. The number of hydrogen-bond donors (Lipinski definition) is 0. The Balaban J connectivity index is 1.43. The van der Waals surface area contributed by atoms with Gasteiger partial charge < -0.3 is 0 Å². The number of halogens is 2. The first-order valence-corrected chi connectivity index (χ1v) is 12.7. The van der Waals surface area contributed by atoms with E-state index in [0.29, 0.717) is 0 Å². The monoisotopic (exact) mass is 554 g/mol. The van der Waals surface area contributed by atoms with Crippen molar-refractivity contribution >= 4 is 44.4 Å². The average molecular weight is 556 g/mol. The third-order valence-electron chi connectivity index (χ3n) is 5.77. The predicted octanol–water partition coefficient (Wildman–Crippen LogP) is 7.97. The van der Waals surface area contributed by atoms with E-state index in [1.165, 1.54) is 31.2 Å².